The van der Waals surface area contributed by atoms with Crippen LogP contribution in [0.4, 0.5) is 5.69 Å². The van der Waals surface area contributed by atoms with E-state index in [4.69, 9.17) is 15.2 Å². The molecular weight excluding hydrogens is 453 g/mol. The molecule has 0 heterocycles. The van der Waals surface area contributed by atoms with E-state index in [-0.39, 0.29) is 24.0 Å². The molecule has 1 aliphatic carbocycles. The van der Waals surface area contributed by atoms with Gasteiger partial charge in [-0.05, 0) is 55.9 Å². The number of nitrogens with one attached hydrogen (secondary N) is 1. The van der Waals surface area contributed by atoms with Gasteiger partial charge in [0, 0.05) is 31.5 Å². The van der Waals surface area contributed by atoms with Crippen LogP contribution in [0.2, 0.25) is 0 Å². The highest BCUT2D eigenvalue weighted by Crippen LogP contribution is 2.49. The molecule has 5 nitrogen and oxygen atoms in total. The van der Waals surface area contributed by atoms with E-state index in [1.807, 2.05) is 61.5 Å². The predicted octanol–water partition coefficient (Wildman–Crippen LogP) is 5.03. The summed E-state index contributed by atoms with van der Waals surface area (Å²) in [7, 11) is 0. The molecule has 2 aromatic carbocycles. The van der Waals surface area contributed by atoms with E-state index in [1.165, 1.54) is 12.8 Å². The minimum atomic E-state index is 0. The average Bonchev–Trinajstić information content (AvgIpc) is 3.42. The second-order valence-corrected chi connectivity index (χ2v) is 6.72. The van der Waals surface area contributed by atoms with Crippen molar-refractivity contribution < 1.29 is 9.47 Å². The Balaban J connectivity index is 0.00000261. The number of hydrogen-bond donors (Lipinski definition) is 2. The van der Waals surface area contributed by atoms with Crippen molar-refractivity contribution in [3.8, 4) is 11.5 Å². The molecule has 27 heavy (non-hydrogen) atoms. The zero-order chi connectivity index (χ0) is 18.2. The highest BCUT2D eigenvalue weighted by molar-refractivity contribution is 14.0. The summed E-state index contributed by atoms with van der Waals surface area (Å²) in [5, 5.41) is 3.15. The molecule has 3 rings (SSSR count). The quantitative estimate of drug-likeness (QED) is 0.228. The van der Waals surface area contributed by atoms with Crippen LogP contribution in [-0.4, -0.2) is 25.7 Å². The number of rotatable bonds is 9. The Labute approximate surface area is 178 Å². The van der Waals surface area contributed by atoms with Crippen LogP contribution < -0.4 is 15.8 Å². The molecule has 0 amide bonds. The fraction of sp³-hybridized carbons (Fsp3) is 0.381. The van der Waals surface area contributed by atoms with Crippen molar-refractivity contribution in [1.29, 1.82) is 0 Å². The van der Waals surface area contributed by atoms with Gasteiger partial charge in [-0.25, -0.2) is 0 Å². The second kappa shape index (κ2) is 10.5. The van der Waals surface area contributed by atoms with Gasteiger partial charge in [-0.2, -0.15) is 0 Å². The number of nitrogens with zero attached hydrogens (tertiary/aromatic N) is 1. The van der Waals surface area contributed by atoms with Crippen molar-refractivity contribution in [2.24, 2.45) is 16.1 Å². The third-order valence-corrected chi connectivity index (χ3v) is 4.61. The van der Waals surface area contributed by atoms with Crippen molar-refractivity contribution in [3.63, 3.8) is 0 Å². The van der Waals surface area contributed by atoms with Crippen LogP contribution in [0.25, 0.3) is 0 Å². The molecule has 3 N–H and O–H groups in total. The lowest BCUT2D eigenvalue weighted by Gasteiger charge is -2.13. The maximum Gasteiger partial charge on any atom is 0.193 e. The Morgan fingerprint density at radius 3 is 2.56 bits per heavy atom. The molecule has 0 atom stereocenters. The maximum atomic E-state index is 6.06. The van der Waals surface area contributed by atoms with Gasteiger partial charge in [-0.15, -0.1) is 24.0 Å². The van der Waals surface area contributed by atoms with Crippen LogP contribution in [0.3, 0.4) is 0 Å². The zero-order valence-corrected chi connectivity index (χ0v) is 18.0. The van der Waals surface area contributed by atoms with Crippen LogP contribution in [0.15, 0.2) is 59.6 Å². The number of para-hydroxylation sites is 1. The molecule has 0 saturated heterocycles. The van der Waals surface area contributed by atoms with Gasteiger partial charge in [0.1, 0.15) is 11.5 Å². The summed E-state index contributed by atoms with van der Waals surface area (Å²) >= 11 is 0. The van der Waals surface area contributed by atoms with Gasteiger partial charge in [0.2, 0.25) is 0 Å². The van der Waals surface area contributed by atoms with Gasteiger partial charge in [-0.3, -0.25) is 4.99 Å². The number of hydrogen-bond acceptors (Lipinski definition) is 3. The Bertz CT molecular complexity index is 733. The normalized spacial score (nSPS) is 14.9. The van der Waals surface area contributed by atoms with Crippen LogP contribution >= 0.6 is 24.0 Å². The number of halogens is 1. The monoisotopic (exact) mass is 481 g/mol. The lowest BCUT2D eigenvalue weighted by Crippen LogP contribution is -2.24. The predicted molar refractivity (Wildman–Crippen MR) is 121 cm³/mol. The van der Waals surface area contributed by atoms with Gasteiger partial charge in [0.05, 0.1) is 0 Å². The first-order valence-electron chi connectivity index (χ1n) is 9.17. The summed E-state index contributed by atoms with van der Waals surface area (Å²) in [6.07, 6.45) is 3.46. The molecule has 146 valence electrons. The minimum absolute atomic E-state index is 0. The molecular formula is C21H28IN3O2. The molecule has 1 saturated carbocycles. The third-order valence-electron chi connectivity index (χ3n) is 4.61. The number of ether oxygens (including phenoxy) is 2. The van der Waals surface area contributed by atoms with Crippen LogP contribution in [0.5, 0.6) is 11.5 Å². The average molecular weight is 481 g/mol. The van der Waals surface area contributed by atoms with Crippen molar-refractivity contribution in [3.05, 3.63) is 54.6 Å². The Morgan fingerprint density at radius 2 is 1.85 bits per heavy atom. The maximum absolute atomic E-state index is 6.06. The van der Waals surface area contributed by atoms with Gasteiger partial charge >= 0.3 is 0 Å². The molecule has 0 spiro atoms. The molecule has 0 unspecified atom stereocenters. The van der Waals surface area contributed by atoms with Gasteiger partial charge in [-0.1, -0.05) is 24.3 Å². The summed E-state index contributed by atoms with van der Waals surface area (Å²) in [6, 6.07) is 17.4. The molecule has 6 heteroatoms. The fourth-order valence-electron chi connectivity index (χ4n) is 2.80. The molecule has 0 aromatic heterocycles. The van der Waals surface area contributed by atoms with Crippen LogP contribution in [0, 0.1) is 5.41 Å². The molecule has 1 fully saturated rings. The number of aliphatic imine (C=N–C) groups is 1. The highest BCUT2D eigenvalue weighted by Gasteiger charge is 2.41. The van der Waals surface area contributed by atoms with E-state index >= 15 is 0 Å². The zero-order valence-electron chi connectivity index (χ0n) is 15.7. The number of nitrogens with two attached hydrogens (primary N) is 1. The van der Waals surface area contributed by atoms with Gasteiger partial charge in [0.25, 0.3) is 0 Å². The van der Waals surface area contributed by atoms with Gasteiger partial charge < -0.3 is 20.5 Å². The Kier molecular flexibility index (Phi) is 8.37. The van der Waals surface area contributed by atoms with Gasteiger partial charge in [0.15, 0.2) is 5.96 Å². The summed E-state index contributed by atoms with van der Waals surface area (Å²) in [5.41, 5.74) is 7.22. The molecule has 1 aliphatic rings. The molecule has 0 bridgehead atoms. The van der Waals surface area contributed by atoms with Crippen molar-refractivity contribution >= 4 is 35.6 Å². The number of anilines is 1. The number of benzene rings is 2. The second-order valence-electron chi connectivity index (χ2n) is 6.72. The molecule has 2 aromatic rings. The van der Waals surface area contributed by atoms with E-state index in [0.29, 0.717) is 11.4 Å². The SMILES string of the molecule is CCOCCC1(CN=C(N)Nc2cccc(Oc3ccccc3)c2)CC1.I. The van der Waals surface area contributed by atoms with Crippen molar-refractivity contribution in [2.75, 3.05) is 25.1 Å². The molecule has 0 aliphatic heterocycles. The fourth-order valence-corrected chi connectivity index (χ4v) is 2.80. The minimum Gasteiger partial charge on any atom is -0.457 e. The van der Waals surface area contributed by atoms with E-state index in [9.17, 15) is 0 Å². The van der Waals surface area contributed by atoms with E-state index < -0.39 is 0 Å². The first-order valence-corrected chi connectivity index (χ1v) is 9.17. The van der Waals surface area contributed by atoms with Crippen molar-refractivity contribution in [1.82, 2.24) is 0 Å². The summed E-state index contributed by atoms with van der Waals surface area (Å²) < 4.78 is 11.3. The summed E-state index contributed by atoms with van der Waals surface area (Å²) in [5.74, 6) is 1.99. The number of guanidine groups is 1. The Hall–Kier alpha value is -1.80. The highest BCUT2D eigenvalue weighted by atomic mass is 127. The summed E-state index contributed by atoms with van der Waals surface area (Å²) in [4.78, 5) is 4.53. The summed E-state index contributed by atoms with van der Waals surface area (Å²) in [6.45, 7) is 4.34. The smallest absolute Gasteiger partial charge is 0.193 e. The van der Waals surface area contributed by atoms with Crippen LogP contribution in [-0.2, 0) is 4.74 Å². The topological polar surface area (TPSA) is 68.9 Å². The Morgan fingerprint density at radius 1 is 1.11 bits per heavy atom. The van der Waals surface area contributed by atoms with Crippen LogP contribution in [0.1, 0.15) is 26.2 Å². The lowest BCUT2D eigenvalue weighted by molar-refractivity contribution is 0.129. The van der Waals surface area contributed by atoms with Crippen molar-refractivity contribution in [2.45, 2.75) is 26.2 Å². The first kappa shape index (κ1) is 21.5. The first-order chi connectivity index (χ1) is 12.7. The van der Waals surface area contributed by atoms with E-state index in [1.54, 1.807) is 0 Å². The largest absolute Gasteiger partial charge is 0.457 e. The molecule has 0 radical (unpaired) electrons. The van der Waals surface area contributed by atoms with E-state index in [2.05, 4.69) is 10.3 Å². The van der Waals surface area contributed by atoms with E-state index in [0.717, 1.165) is 43.4 Å². The lowest BCUT2D eigenvalue weighted by atomic mass is 10.0. The standard InChI is InChI=1S/C21H27N3O2.HI/c1-2-25-14-13-21(11-12-21)16-23-20(22)24-17-7-6-10-19(15-17)26-18-8-4-3-5-9-18;/h3-10,15H,2,11-14,16H2,1H3,(H3,22,23,24);1H. The third kappa shape index (κ3) is 7.03.